The first kappa shape index (κ1) is 11.0. The minimum absolute atomic E-state index is 0.631. The Labute approximate surface area is 109 Å². The van der Waals surface area contributed by atoms with Gasteiger partial charge in [0, 0.05) is 11.9 Å². The first-order chi connectivity index (χ1) is 8.33. The van der Waals surface area contributed by atoms with Gasteiger partial charge in [0.2, 0.25) is 0 Å². The van der Waals surface area contributed by atoms with Crippen molar-refractivity contribution in [1.82, 2.24) is 15.0 Å². The first-order valence-corrected chi connectivity index (χ1v) is 7.12. The minimum atomic E-state index is 0.631. The van der Waals surface area contributed by atoms with E-state index < -0.39 is 0 Å². The molecule has 88 valence electrons. The third-order valence-corrected chi connectivity index (χ3v) is 4.21. The molecule has 2 aromatic rings. The Bertz CT molecular complexity index is 553. The van der Waals surface area contributed by atoms with E-state index in [0.29, 0.717) is 10.6 Å². The summed E-state index contributed by atoms with van der Waals surface area (Å²) < 4.78 is 0.675. The first-order valence-electron chi connectivity index (χ1n) is 5.83. The van der Waals surface area contributed by atoms with Gasteiger partial charge in [-0.3, -0.25) is 4.98 Å². The molecule has 0 aliphatic heterocycles. The molecule has 0 saturated heterocycles. The molecule has 2 heterocycles. The van der Waals surface area contributed by atoms with Crippen molar-refractivity contribution in [3.63, 3.8) is 0 Å². The van der Waals surface area contributed by atoms with E-state index in [2.05, 4.69) is 15.0 Å². The molecule has 0 aromatic carbocycles. The van der Waals surface area contributed by atoms with E-state index in [9.17, 15) is 0 Å². The van der Waals surface area contributed by atoms with Gasteiger partial charge in [0.25, 0.3) is 0 Å². The van der Waals surface area contributed by atoms with Crippen molar-refractivity contribution in [2.24, 2.45) is 0 Å². The van der Waals surface area contributed by atoms with Gasteiger partial charge in [-0.25, -0.2) is 4.98 Å². The van der Waals surface area contributed by atoms with Crippen LogP contribution in [0.15, 0.2) is 17.8 Å². The van der Waals surface area contributed by atoms with Gasteiger partial charge in [0.05, 0.1) is 10.4 Å². The van der Waals surface area contributed by atoms with Crippen LogP contribution in [0.25, 0.3) is 10.7 Å². The van der Waals surface area contributed by atoms with E-state index in [1.807, 2.05) is 17.8 Å². The second kappa shape index (κ2) is 4.66. The fraction of sp³-hybridized carbons (Fsp3) is 0.417. The van der Waals surface area contributed by atoms with Crippen LogP contribution >= 0.6 is 23.6 Å². The van der Waals surface area contributed by atoms with E-state index >= 15 is 0 Å². The van der Waals surface area contributed by atoms with Gasteiger partial charge in [0.15, 0.2) is 5.82 Å². The molecule has 3 rings (SSSR count). The molecule has 3 nitrogen and oxygen atoms in total. The summed E-state index contributed by atoms with van der Waals surface area (Å²) in [4.78, 5) is 12.9. The van der Waals surface area contributed by atoms with Crippen molar-refractivity contribution < 1.29 is 0 Å². The van der Waals surface area contributed by atoms with Crippen molar-refractivity contribution in [3.8, 4) is 10.7 Å². The third kappa shape index (κ3) is 2.30. The zero-order chi connectivity index (χ0) is 11.7. The van der Waals surface area contributed by atoms with Crippen LogP contribution in [-0.4, -0.2) is 15.0 Å². The second-order valence-corrected chi connectivity index (χ2v) is 5.68. The summed E-state index contributed by atoms with van der Waals surface area (Å²) in [5.74, 6) is 1.49. The molecule has 0 spiro atoms. The van der Waals surface area contributed by atoms with E-state index in [0.717, 1.165) is 10.7 Å². The van der Waals surface area contributed by atoms with Crippen molar-refractivity contribution >= 4 is 23.6 Å². The Kier molecular flexibility index (Phi) is 3.03. The molecule has 0 bridgehead atoms. The van der Waals surface area contributed by atoms with Gasteiger partial charge < -0.3 is 4.98 Å². The average Bonchev–Trinajstić information content (AvgIpc) is 3.02. The van der Waals surface area contributed by atoms with Crippen molar-refractivity contribution in [3.05, 3.63) is 28.1 Å². The molecule has 1 N–H and O–H groups in total. The predicted molar refractivity (Wildman–Crippen MR) is 71.7 cm³/mol. The minimum Gasteiger partial charge on any atom is -0.342 e. The Hall–Kier alpha value is -1.07. The van der Waals surface area contributed by atoms with Crippen LogP contribution in [0.2, 0.25) is 0 Å². The van der Waals surface area contributed by atoms with Gasteiger partial charge in [-0.1, -0.05) is 25.1 Å². The lowest BCUT2D eigenvalue weighted by atomic mass is 10.0. The smallest absolute Gasteiger partial charge is 0.150 e. The highest BCUT2D eigenvalue weighted by Crippen LogP contribution is 2.33. The van der Waals surface area contributed by atoms with Crippen molar-refractivity contribution in [1.29, 1.82) is 0 Å². The van der Waals surface area contributed by atoms with Crippen molar-refractivity contribution in [2.45, 2.75) is 31.6 Å². The largest absolute Gasteiger partial charge is 0.342 e. The normalized spacial score (nSPS) is 16.5. The lowest BCUT2D eigenvalue weighted by Gasteiger charge is -2.10. The monoisotopic (exact) mass is 263 g/mol. The van der Waals surface area contributed by atoms with Crippen LogP contribution in [0.3, 0.4) is 0 Å². The third-order valence-electron chi connectivity index (χ3n) is 3.22. The van der Waals surface area contributed by atoms with Crippen LogP contribution < -0.4 is 0 Å². The maximum absolute atomic E-state index is 5.25. The molecular formula is C12H13N3S2. The average molecular weight is 263 g/mol. The van der Waals surface area contributed by atoms with E-state index in [-0.39, 0.29) is 0 Å². The van der Waals surface area contributed by atoms with Crippen LogP contribution in [-0.2, 0) is 0 Å². The SMILES string of the molecule is S=c1cc(C2CCCC2)[nH]c(-c2cncs2)n1. The molecule has 0 atom stereocenters. The fourth-order valence-electron chi connectivity index (χ4n) is 2.38. The topological polar surface area (TPSA) is 41.6 Å². The summed E-state index contributed by atoms with van der Waals surface area (Å²) in [6.45, 7) is 0. The number of thiazole rings is 1. The zero-order valence-electron chi connectivity index (χ0n) is 9.35. The van der Waals surface area contributed by atoms with Gasteiger partial charge in [-0.2, -0.15) is 0 Å². The standard InChI is InChI=1S/C12H13N3S2/c16-11-5-9(8-3-1-2-4-8)14-12(15-11)10-6-13-7-17-10/h5-8H,1-4H2,(H,14,15,16). The molecule has 1 aliphatic rings. The summed E-state index contributed by atoms with van der Waals surface area (Å²) in [7, 11) is 0. The maximum Gasteiger partial charge on any atom is 0.150 e. The molecule has 1 saturated carbocycles. The fourth-order valence-corrected chi connectivity index (χ4v) is 3.17. The van der Waals surface area contributed by atoms with Crippen LogP contribution in [0.1, 0.15) is 37.3 Å². The summed E-state index contributed by atoms with van der Waals surface area (Å²) in [6.07, 6.45) is 7.00. The number of aromatic amines is 1. The predicted octanol–water partition coefficient (Wildman–Crippen LogP) is 3.92. The lowest BCUT2D eigenvalue weighted by Crippen LogP contribution is -1.99. The number of hydrogen-bond donors (Lipinski definition) is 1. The number of hydrogen-bond acceptors (Lipinski definition) is 4. The molecular weight excluding hydrogens is 250 g/mol. The maximum atomic E-state index is 5.25. The highest BCUT2D eigenvalue weighted by Gasteiger charge is 2.18. The highest BCUT2D eigenvalue weighted by atomic mass is 32.1. The highest BCUT2D eigenvalue weighted by molar-refractivity contribution is 7.71. The Morgan fingerprint density at radius 2 is 2.18 bits per heavy atom. The number of nitrogens with zero attached hydrogens (tertiary/aromatic N) is 2. The summed E-state index contributed by atoms with van der Waals surface area (Å²) in [6, 6.07) is 2.01. The summed E-state index contributed by atoms with van der Waals surface area (Å²) in [5.41, 5.74) is 3.06. The van der Waals surface area contributed by atoms with Gasteiger partial charge >= 0.3 is 0 Å². The molecule has 0 unspecified atom stereocenters. The second-order valence-electron chi connectivity index (χ2n) is 4.37. The van der Waals surface area contributed by atoms with Gasteiger partial charge in [0.1, 0.15) is 4.64 Å². The molecule has 1 aliphatic carbocycles. The number of rotatable bonds is 2. The Balaban J connectivity index is 2.03. The number of nitrogens with one attached hydrogen (secondary N) is 1. The molecule has 0 amide bonds. The van der Waals surface area contributed by atoms with Gasteiger partial charge in [-0.15, -0.1) is 11.3 Å². The van der Waals surface area contributed by atoms with Crippen LogP contribution in [0.5, 0.6) is 0 Å². The zero-order valence-corrected chi connectivity index (χ0v) is 11.0. The van der Waals surface area contributed by atoms with Crippen LogP contribution in [0, 0.1) is 4.64 Å². The Morgan fingerprint density at radius 3 is 2.88 bits per heavy atom. The molecule has 2 aromatic heterocycles. The van der Waals surface area contributed by atoms with Crippen LogP contribution in [0.4, 0.5) is 0 Å². The molecule has 1 fully saturated rings. The molecule has 0 radical (unpaired) electrons. The summed E-state index contributed by atoms with van der Waals surface area (Å²) >= 11 is 6.83. The number of H-pyrrole nitrogens is 1. The number of aromatic nitrogens is 3. The summed E-state index contributed by atoms with van der Waals surface area (Å²) in [5, 5.41) is 0. The Morgan fingerprint density at radius 1 is 1.35 bits per heavy atom. The van der Waals surface area contributed by atoms with E-state index in [1.165, 1.54) is 31.4 Å². The molecule has 17 heavy (non-hydrogen) atoms. The lowest BCUT2D eigenvalue weighted by molar-refractivity contribution is 0.694. The molecule has 5 heteroatoms. The van der Waals surface area contributed by atoms with E-state index in [1.54, 1.807) is 11.3 Å². The van der Waals surface area contributed by atoms with Crippen molar-refractivity contribution in [2.75, 3.05) is 0 Å². The van der Waals surface area contributed by atoms with Gasteiger partial charge in [-0.05, 0) is 24.8 Å². The quantitative estimate of drug-likeness (QED) is 0.835. The van der Waals surface area contributed by atoms with E-state index in [4.69, 9.17) is 12.2 Å².